The minimum atomic E-state index is -0.0297. The minimum Gasteiger partial charge on any atom is -0.507 e. The van der Waals surface area contributed by atoms with Crippen molar-refractivity contribution >= 4 is 52.0 Å². The molecule has 0 saturated carbocycles. The van der Waals surface area contributed by atoms with Crippen LogP contribution in [0.2, 0.25) is 15.1 Å². The van der Waals surface area contributed by atoms with Crippen LogP contribution in [0.3, 0.4) is 0 Å². The molecule has 0 amide bonds. The predicted octanol–water partition coefficient (Wildman–Crippen LogP) is 5.31. The van der Waals surface area contributed by atoms with E-state index in [0.717, 1.165) is 0 Å². The fourth-order valence-electron chi connectivity index (χ4n) is 2.30. The van der Waals surface area contributed by atoms with E-state index in [1.54, 1.807) is 18.2 Å². The van der Waals surface area contributed by atoms with Crippen LogP contribution in [0.1, 0.15) is 10.4 Å². The van der Waals surface area contributed by atoms with Gasteiger partial charge in [0.15, 0.2) is 6.29 Å². The van der Waals surface area contributed by atoms with Gasteiger partial charge in [-0.25, -0.2) is 0 Å². The topological polar surface area (TPSA) is 53.1 Å². The lowest BCUT2D eigenvalue weighted by molar-refractivity contribution is 0.112. The van der Waals surface area contributed by atoms with Crippen LogP contribution < -0.4 is 0 Å². The zero-order valence-electron chi connectivity index (χ0n) is 10.5. The summed E-state index contributed by atoms with van der Waals surface area (Å²) in [6, 6.07) is 6.50. The van der Waals surface area contributed by atoms with Crippen molar-refractivity contribution in [2.75, 3.05) is 0 Å². The summed E-state index contributed by atoms with van der Waals surface area (Å²) >= 11 is 18.4. The Bertz CT molecular complexity index is 871. The van der Waals surface area contributed by atoms with Crippen molar-refractivity contribution in [1.29, 1.82) is 0 Å². The standard InChI is InChI=1S/C15H8Cl3NO2/c16-9-1-2-10(17)15(18)13(9)7-3-11-14(12(21)4-7)8(6-20)5-19-11/h1-6,19,21H. The highest BCUT2D eigenvalue weighted by Gasteiger charge is 2.16. The Labute approximate surface area is 135 Å². The molecule has 2 aromatic carbocycles. The molecule has 0 spiro atoms. The zero-order chi connectivity index (χ0) is 15.1. The number of fused-ring (bicyclic) bond motifs is 1. The predicted molar refractivity (Wildman–Crippen MR) is 85.8 cm³/mol. The van der Waals surface area contributed by atoms with Crippen molar-refractivity contribution in [2.45, 2.75) is 0 Å². The molecule has 0 saturated heterocycles. The van der Waals surface area contributed by atoms with E-state index in [4.69, 9.17) is 34.8 Å². The number of H-pyrrole nitrogens is 1. The van der Waals surface area contributed by atoms with E-state index in [-0.39, 0.29) is 5.75 Å². The summed E-state index contributed by atoms with van der Waals surface area (Å²) in [6.07, 6.45) is 2.21. The second-order valence-electron chi connectivity index (χ2n) is 4.50. The molecule has 0 bridgehead atoms. The molecule has 21 heavy (non-hydrogen) atoms. The van der Waals surface area contributed by atoms with Crippen molar-refractivity contribution in [3.63, 3.8) is 0 Å². The number of carbonyl (C=O) groups is 1. The molecule has 3 rings (SSSR count). The Morgan fingerprint density at radius 1 is 1.10 bits per heavy atom. The number of rotatable bonds is 2. The maximum atomic E-state index is 11.0. The maximum Gasteiger partial charge on any atom is 0.152 e. The molecule has 106 valence electrons. The second kappa shape index (κ2) is 5.26. The van der Waals surface area contributed by atoms with E-state index in [9.17, 15) is 9.90 Å². The molecule has 2 N–H and O–H groups in total. The number of benzene rings is 2. The number of phenols is 1. The molecule has 0 aliphatic carbocycles. The van der Waals surface area contributed by atoms with Crippen molar-refractivity contribution in [1.82, 2.24) is 4.98 Å². The molecule has 0 unspecified atom stereocenters. The average Bonchev–Trinajstić information content (AvgIpc) is 2.87. The number of hydrogen-bond acceptors (Lipinski definition) is 2. The molecule has 1 heterocycles. The third-order valence-corrected chi connectivity index (χ3v) is 4.37. The minimum absolute atomic E-state index is 0.0297. The number of aromatic hydroxyl groups is 1. The molecule has 6 heteroatoms. The maximum absolute atomic E-state index is 11.0. The van der Waals surface area contributed by atoms with Gasteiger partial charge in [0.1, 0.15) is 5.75 Å². The van der Waals surface area contributed by atoms with E-state index < -0.39 is 0 Å². The van der Waals surface area contributed by atoms with Gasteiger partial charge in [0.2, 0.25) is 0 Å². The molecule has 3 nitrogen and oxygen atoms in total. The lowest BCUT2D eigenvalue weighted by Gasteiger charge is -2.10. The molecule has 0 atom stereocenters. The van der Waals surface area contributed by atoms with Crippen LogP contribution in [0.25, 0.3) is 22.0 Å². The molecule has 3 aromatic rings. The van der Waals surface area contributed by atoms with E-state index in [2.05, 4.69) is 4.98 Å². The van der Waals surface area contributed by atoms with Gasteiger partial charge in [-0.2, -0.15) is 0 Å². The number of aromatic amines is 1. The van der Waals surface area contributed by atoms with Crippen LogP contribution in [-0.2, 0) is 0 Å². The molecular weight excluding hydrogens is 333 g/mol. The Morgan fingerprint density at radius 2 is 1.81 bits per heavy atom. The number of hydrogen-bond donors (Lipinski definition) is 2. The van der Waals surface area contributed by atoms with Crippen molar-refractivity contribution in [2.24, 2.45) is 0 Å². The number of aromatic nitrogens is 1. The fraction of sp³-hybridized carbons (Fsp3) is 0. The summed E-state index contributed by atoms with van der Waals surface area (Å²) in [6.45, 7) is 0. The first-order chi connectivity index (χ1) is 10.0. The van der Waals surface area contributed by atoms with Crippen LogP contribution in [-0.4, -0.2) is 16.4 Å². The third kappa shape index (κ3) is 2.27. The third-order valence-electron chi connectivity index (χ3n) is 3.25. The molecular formula is C15H8Cl3NO2. The first-order valence-corrected chi connectivity index (χ1v) is 7.09. The largest absolute Gasteiger partial charge is 0.507 e. The molecule has 0 radical (unpaired) electrons. The first-order valence-electron chi connectivity index (χ1n) is 5.96. The first kappa shape index (κ1) is 14.3. The van der Waals surface area contributed by atoms with Gasteiger partial charge in [-0.1, -0.05) is 34.8 Å². The molecule has 1 aromatic heterocycles. The lowest BCUT2D eigenvalue weighted by Crippen LogP contribution is -1.85. The number of nitrogens with one attached hydrogen (secondary N) is 1. The average molecular weight is 341 g/mol. The number of halogens is 3. The smallest absolute Gasteiger partial charge is 0.152 e. The van der Waals surface area contributed by atoms with Gasteiger partial charge in [0.25, 0.3) is 0 Å². The SMILES string of the molecule is O=Cc1c[nH]c2cc(-c3c(Cl)ccc(Cl)c3Cl)cc(O)c12. The fourth-order valence-corrected chi connectivity index (χ4v) is 3.05. The van der Waals surface area contributed by atoms with Gasteiger partial charge in [-0.3, -0.25) is 4.79 Å². The van der Waals surface area contributed by atoms with Gasteiger partial charge in [-0.15, -0.1) is 0 Å². The highest BCUT2D eigenvalue weighted by molar-refractivity contribution is 6.46. The van der Waals surface area contributed by atoms with Gasteiger partial charge in [0, 0.05) is 22.3 Å². The van der Waals surface area contributed by atoms with E-state index in [0.29, 0.717) is 48.9 Å². The Kier molecular flexibility index (Phi) is 3.57. The Morgan fingerprint density at radius 3 is 2.52 bits per heavy atom. The summed E-state index contributed by atoms with van der Waals surface area (Å²) in [5.41, 5.74) is 2.14. The molecule has 0 aliphatic rings. The summed E-state index contributed by atoms with van der Waals surface area (Å²) in [7, 11) is 0. The summed E-state index contributed by atoms with van der Waals surface area (Å²) in [4.78, 5) is 13.9. The van der Waals surface area contributed by atoms with Gasteiger partial charge in [-0.05, 0) is 29.8 Å². The van der Waals surface area contributed by atoms with Crippen molar-refractivity contribution in [3.05, 3.63) is 51.1 Å². The lowest BCUT2D eigenvalue weighted by atomic mass is 10.0. The van der Waals surface area contributed by atoms with E-state index in [1.807, 2.05) is 0 Å². The van der Waals surface area contributed by atoms with Crippen LogP contribution in [0.4, 0.5) is 0 Å². The van der Waals surface area contributed by atoms with Gasteiger partial charge in [0.05, 0.1) is 20.9 Å². The van der Waals surface area contributed by atoms with E-state index >= 15 is 0 Å². The van der Waals surface area contributed by atoms with Crippen LogP contribution in [0, 0.1) is 0 Å². The highest BCUT2D eigenvalue weighted by atomic mass is 35.5. The summed E-state index contributed by atoms with van der Waals surface area (Å²) < 4.78 is 0. The van der Waals surface area contributed by atoms with Crippen LogP contribution in [0.5, 0.6) is 5.75 Å². The van der Waals surface area contributed by atoms with Crippen molar-refractivity contribution < 1.29 is 9.90 Å². The molecule has 0 aliphatic heterocycles. The van der Waals surface area contributed by atoms with Crippen LogP contribution in [0.15, 0.2) is 30.5 Å². The highest BCUT2D eigenvalue weighted by Crippen LogP contribution is 2.42. The summed E-state index contributed by atoms with van der Waals surface area (Å²) in [5, 5.41) is 11.7. The normalized spacial score (nSPS) is 11.0. The number of carbonyl (C=O) groups excluding carboxylic acids is 1. The Balaban J connectivity index is 2.32. The number of phenolic OH excluding ortho intramolecular Hbond substituents is 1. The Hall–Kier alpha value is -1.68. The second-order valence-corrected chi connectivity index (χ2v) is 5.69. The zero-order valence-corrected chi connectivity index (χ0v) is 12.7. The van der Waals surface area contributed by atoms with E-state index in [1.165, 1.54) is 12.3 Å². The monoisotopic (exact) mass is 339 g/mol. The number of aldehydes is 1. The quantitative estimate of drug-likeness (QED) is 0.490. The van der Waals surface area contributed by atoms with Crippen LogP contribution >= 0.6 is 34.8 Å². The van der Waals surface area contributed by atoms with Gasteiger partial charge < -0.3 is 10.1 Å². The van der Waals surface area contributed by atoms with Gasteiger partial charge >= 0.3 is 0 Å². The molecule has 0 fully saturated rings. The van der Waals surface area contributed by atoms with Crippen molar-refractivity contribution in [3.8, 4) is 16.9 Å². The summed E-state index contributed by atoms with van der Waals surface area (Å²) in [5.74, 6) is -0.0297.